The van der Waals surface area contributed by atoms with E-state index in [0.29, 0.717) is 11.9 Å². The lowest BCUT2D eigenvalue weighted by Crippen LogP contribution is -2.38. The number of carbonyl (C=O) groups excluding carboxylic acids is 1. The molecule has 0 bridgehead atoms. The monoisotopic (exact) mass is 252 g/mol. The predicted molar refractivity (Wildman–Crippen MR) is 74.1 cm³/mol. The van der Waals surface area contributed by atoms with E-state index in [-0.39, 0.29) is 12.0 Å². The Morgan fingerprint density at radius 3 is 2.39 bits per heavy atom. The van der Waals surface area contributed by atoms with Gasteiger partial charge in [-0.15, -0.1) is 0 Å². The zero-order valence-electron chi connectivity index (χ0n) is 11.9. The zero-order chi connectivity index (χ0) is 13.1. The topological polar surface area (TPSA) is 46.3 Å². The summed E-state index contributed by atoms with van der Waals surface area (Å²) in [6.45, 7) is 5.16. The van der Waals surface area contributed by atoms with Gasteiger partial charge in [0, 0.05) is 24.5 Å². The molecule has 2 unspecified atom stereocenters. The van der Waals surface area contributed by atoms with Crippen molar-refractivity contribution in [3.05, 3.63) is 0 Å². The molecule has 0 radical (unpaired) electrons. The van der Waals surface area contributed by atoms with Gasteiger partial charge in [-0.25, -0.2) is 0 Å². The van der Waals surface area contributed by atoms with Crippen LogP contribution in [0.3, 0.4) is 0 Å². The van der Waals surface area contributed by atoms with Crippen molar-refractivity contribution in [2.75, 3.05) is 6.54 Å². The third-order valence-corrected chi connectivity index (χ3v) is 4.14. The average Bonchev–Trinajstić information content (AvgIpc) is 3.15. The standard InChI is InChI=1S/C15H28N2O/c1-11(4-3-5-12(2)16)15(18)17(14-8-9-14)10-13-6-7-13/h11-14H,3-10,16H2,1-2H3. The van der Waals surface area contributed by atoms with Crippen LogP contribution < -0.4 is 5.73 Å². The van der Waals surface area contributed by atoms with E-state index in [9.17, 15) is 4.79 Å². The second-order valence-electron chi connectivity index (χ2n) is 6.47. The Hall–Kier alpha value is -0.570. The predicted octanol–water partition coefficient (Wildman–Crippen LogP) is 2.54. The van der Waals surface area contributed by atoms with E-state index in [1.165, 1.54) is 25.7 Å². The maximum absolute atomic E-state index is 12.5. The average molecular weight is 252 g/mol. The van der Waals surface area contributed by atoms with Crippen LogP contribution in [-0.2, 0) is 4.79 Å². The molecule has 0 aromatic carbocycles. The minimum atomic E-state index is 0.183. The number of amides is 1. The summed E-state index contributed by atoms with van der Waals surface area (Å²) in [6.07, 6.45) is 8.21. The van der Waals surface area contributed by atoms with Crippen molar-refractivity contribution < 1.29 is 4.79 Å². The van der Waals surface area contributed by atoms with E-state index < -0.39 is 0 Å². The largest absolute Gasteiger partial charge is 0.339 e. The maximum Gasteiger partial charge on any atom is 0.225 e. The van der Waals surface area contributed by atoms with Crippen LogP contribution in [-0.4, -0.2) is 29.4 Å². The number of carbonyl (C=O) groups is 1. The number of hydrogen-bond donors (Lipinski definition) is 1. The van der Waals surface area contributed by atoms with Crippen molar-refractivity contribution in [2.45, 2.75) is 70.9 Å². The Morgan fingerprint density at radius 1 is 1.22 bits per heavy atom. The summed E-state index contributed by atoms with van der Waals surface area (Å²) in [4.78, 5) is 14.6. The molecule has 2 saturated carbocycles. The second kappa shape index (κ2) is 6.05. The molecule has 0 spiro atoms. The molecule has 0 aliphatic heterocycles. The SMILES string of the molecule is CC(N)CCCC(C)C(=O)N(CC1CC1)C1CC1. The molecule has 3 heteroatoms. The van der Waals surface area contributed by atoms with Gasteiger partial charge in [0.15, 0.2) is 0 Å². The summed E-state index contributed by atoms with van der Waals surface area (Å²) in [5, 5.41) is 0. The van der Waals surface area contributed by atoms with Crippen molar-refractivity contribution >= 4 is 5.91 Å². The van der Waals surface area contributed by atoms with Crippen molar-refractivity contribution in [3.63, 3.8) is 0 Å². The van der Waals surface area contributed by atoms with E-state index in [2.05, 4.69) is 11.8 Å². The summed E-state index contributed by atoms with van der Waals surface area (Å²) < 4.78 is 0. The van der Waals surface area contributed by atoms with E-state index in [1.807, 2.05) is 6.92 Å². The van der Waals surface area contributed by atoms with Gasteiger partial charge in [-0.2, -0.15) is 0 Å². The number of nitrogens with zero attached hydrogens (tertiary/aromatic N) is 1. The summed E-state index contributed by atoms with van der Waals surface area (Å²) in [5.41, 5.74) is 5.75. The van der Waals surface area contributed by atoms with Crippen LogP contribution in [0.4, 0.5) is 0 Å². The van der Waals surface area contributed by atoms with Crippen LogP contribution in [0.15, 0.2) is 0 Å². The van der Waals surface area contributed by atoms with Gasteiger partial charge in [0.2, 0.25) is 5.91 Å². The Balaban J connectivity index is 1.75. The summed E-state index contributed by atoms with van der Waals surface area (Å²) in [5.74, 6) is 1.39. The fourth-order valence-corrected chi connectivity index (χ4v) is 2.54. The van der Waals surface area contributed by atoms with Crippen molar-refractivity contribution in [3.8, 4) is 0 Å². The molecule has 0 aromatic heterocycles. The van der Waals surface area contributed by atoms with E-state index in [0.717, 1.165) is 31.7 Å². The molecule has 2 fully saturated rings. The van der Waals surface area contributed by atoms with Crippen molar-refractivity contribution in [2.24, 2.45) is 17.6 Å². The third kappa shape index (κ3) is 4.27. The van der Waals surface area contributed by atoms with Crippen LogP contribution in [0.2, 0.25) is 0 Å². The van der Waals surface area contributed by atoms with Gasteiger partial charge in [0.05, 0.1) is 0 Å². The van der Waals surface area contributed by atoms with Gasteiger partial charge in [0.1, 0.15) is 0 Å². The molecule has 104 valence electrons. The normalized spacial score (nSPS) is 22.6. The number of rotatable bonds is 8. The Labute approximate surface area is 111 Å². The highest BCUT2D eigenvalue weighted by atomic mass is 16.2. The second-order valence-corrected chi connectivity index (χ2v) is 6.47. The van der Waals surface area contributed by atoms with Gasteiger partial charge >= 0.3 is 0 Å². The molecule has 0 saturated heterocycles. The molecule has 3 nitrogen and oxygen atoms in total. The molecule has 2 rings (SSSR count). The Kier molecular flexibility index (Phi) is 4.66. The van der Waals surface area contributed by atoms with Crippen molar-refractivity contribution in [1.82, 2.24) is 4.90 Å². The van der Waals surface area contributed by atoms with Gasteiger partial charge < -0.3 is 10.6 Å². The smallest absolute Gasteiger partial charge is 0.225 e. The molecule has 2 atom stereocenters. The zero-order valence-corrected chi connectivity index (χ0v) is 11.9. The molecule has 2 N–H and O–H groups in total. The first-order valence-electron chi connectivity index (χ1n) is 7.64. The van der Waals surface area contributed by atoms with Crippen LogP contribution in [0.25, 0.3) is 0 Å². The molecule has 2 aliphatic rings. The molecule has 0 heterocycles. The summed E-state index contributed by atoms with van der Waals surface area (Å²) in [6, 6.07) is 0.840. The maximum atomic E-state index is 12.5. The first kappa shape index (κ1) is 13.9. The summed E-state index contributed by atoms with van der Waals surface area (Å²) in [7, 11) is 0. The molecule has 18 heavy (non-hydrogen) atoms. The summed E-state index contributed by atoms with van der Waals surface area (Å²) >= 11 is 0. The minimum Gasteiger partial charge on any atom is -0.339 e. The van der Waals surface area contributed by atoms with E-state index >= 15 is 0 Å². The Morgan fingerprint density at radius 2 is 1.89 bits per heavy atom. The molecular weight excluding hydrogens is 224 g/mol. The highest BCUT2D eigenvalue weighted by Gasteiger charge is 2.37. The van der Waals surface area contributed by atoms with Crippen LogP contribution in [0.1, 0.15) is 58.8 Å². The first-order valence-corrected chi connectivity index (χ1v) is 7.64. The van der Waals surface area contributed by atoms with Gasteiger partial charge in [0.25, 0.3) is 0 Å². The first-order chi connectivity index (χ1) is 8.58. The Bertz CT molecular complexity index is 282. The van der Waals surface area contributed by atoms with Gasteiger partial charge in [-0.05, 0) is 51.4 Å². The molecule has 1 amide bonds. The quantitative estimate of drug-likeness (QED) is 0.721. The van der Waals surface area contributed by atoms with Crippen LogP contribution in [0.5, 0.6) is 0 Å². The lowest BCUT2D eigenvalue weighted by atomic mass is 10.0. The van der Waals surface area contributed by atoms with Gasteiger partial charge in [-0.1, -0.05) is 13.3 Å². The molecule has 0 aromatic rings. The van der Waals surface area contributed by atoms with Crippen LogP contribution >= 0.6 is 0 Å². The van der Waals surface area contributed by atoms with E-state index in [1.54, 1.807) is 0 Å². The van der Waals surface area contributed by atoms with Crippen LogP contribution in [0, 0.1) is 11.8 Å². The lowest BCUT2D eigenvalue weighted by molar-refractivity contribution is -0.136. The van der Waals surface area contributed by atoms with Gasteiger partial charge in [-0.3, -0.25) is 4.79 Å². The molecule has 2 aliphatic carbocycles. The third-order valence-electron chi connectivity index (χ3n) is 4.14. The minimum absolute atomic E-state index is 0.183. The van der Waals surface area contributed by atoms with Crippen molar-refractivity contribution in [1.29, 1.82) is 0 Å². The fourth-order valence-electron chi connectivity index (χ4n) is 2.54. The van der Waals surface area contributed by atoms with E-state index in [4.69, 9.17) is 5.73 Å². The number of hydrogen-bond acceptors (Lipinski definition) is 2. The highest BCUT2D eigenvalue weighted by Crippen LogP contribution is 2.35. The lowest BCUT2D eigenvalue weighted by Gasteiger charge is -2.26. The fraction of sp³-hybridized carbons (Fsp3) is 0.933. The number of nitrogens with two attached hydrogens (primary N) is 1. The molecular formula is C15H28N2O. The highest BCUT2D eigenvalue weighted by molar-refractivity contribution is 5.79.